The van der Waals surface area contributed by atoms with E-state index in [0.29, 0.717) is 22.7 Å². The number of allylic oxidation sites excluding steroid dienone is 3. The van der Waals surface area contributed by atoms with Gasteiger partial charge in [-0.2, -0.15) is 0 Å². The number of ether oxygens (including phenoxy) is 1. The van der Waals surface area contributed by atoms with Crippen molar-refractivity contribution in [2.45, 2.75) is 13.3 Å². The van der Waals surface area contributed by atoms with Crippen LogP contribution in [0, 0.1) is 5.92 Å². The number of nitrogens with two attached hydrogens (primary N) is 1. The lowest BCUT2D eigenvalue weighted by Gasteiger charge is -2.14. The zero-order valence-corrected chi connectivity index (χ0v) is 12.4. The molecular formula is C16H15NO3S. The number of ketones is 1. The molecule has 0 fully saturated rings. The standard InChI is InChI=1S/C16H15NO3S/c1-10(11-2-6-13(18)7-3-11)16(19)20-14-8-4-12(5-9-14)15(17)21/h2-6,8-10H,7H2,1H3,(H2,17,21). The fraction of sp³-hybridized carbons (Fsp3) is 0.188. The van der Waals surface area contributed by atoms with Gasteiger partial charge in [0, 0.05) is 12.0 Å². The molecule has 0 radical (unpaired) electrons. The molecule has 0 bridgehead atoms. The van der Waals surface area contributed by atoms with E-state index in [1.54, 1.807) is 43.3 Å². The van der Waals surface area contributed by atoms with Crippen molar-refractivity contribution >= 4 is 29.0 Å². The quantitative estimate of drug-likeness (QED) is 0.525. The van der Waals surface area contributed by atoms with Crippen molar-refractivity contribution in [2.24, 2.45) is 11.7 Å². The summed E-state index contributed by atoms with van der Waals surface area (Å²) in [6, 6.07) is 6.70. The molecule has 108 valence electrons. The molecule has 1 aromatic carbocycles. The van der Waals surface area contributed by atoms with Crippen molar-refractivity contribution in [1.82, 2.24) is 0 Å². The fourth-order valence-electron chi connectivity index (χ4n) is 1.89. The van der Waals surface area contributed by atoms with Crippen molar-refractivity contribution < 1.29 is 14.3 Å². The molecule has 0 aromatic heterocycles. The van der Waals surface area contributed by atoms with Crippen LogP contribution in [-0.2, 0) is 9.59 Å². The van der Waals surface area contributed by atoms with E-state index >= 15 is 0 Å². The van der Waals surface area contributed by atoms with Gasteiger partial charge in [0.2, 0.25) is 0 Å². The van der Waals surface area contributed by atoms with Crippen molar-refractivity contribution in [3.05, 3.63) is 53.6 Å². The number of benzene rings is 1. The van der Waals surface area contributed by atoms with Crippen LogP contribution >= 0.6 is 12.2 Å². The molecule has 1 aromatic rings. The SMILES string of the molecule is CC(C(=O)Oc1ccc(C(N)=S)cc1)C1=CCC(=O)C=C1. The first-order valence-electron chi connectivity index (χ1n) is 6.50. The Balaban J connectivity index is 2.02. The molecule has 0 heterocycles. The van der Waals surface area contributed by atoms with Crippen molar-refractivity contribution in [3.8, 4) is 5.75 Å². The van der Waals surface area contributed by atoms with Gasteiger partial charge in [-0.3, -0.25) is 9.59 Å². The van der Waals surface area contributed by atoms with E-state index in [9.17, 15) is 9.59 Å². The lowest BCUT2D eigenvalue weighted by atomic mass is 9.95. The van der Waals surface area contributed by atoms with E-state index in [4.69, 9.17) is 22.7 Å². The summed E-state index contributed by atoms with van der Waals surface area (Å²) < 4.78 is 5.31. The van der Waals surface area contributed by atoms with Crippen LogP contribution in [0.4, 0.5) is 0 Å². The zero-order valence-electron chi connectivity index (χ0n) is 11.5. The molecular weight excluding hydrogens is 286 g/mol. The van der Waals surface area contributed by atoms with Gasteiger partial charge in [0.05, 0.1) is 5.92 Å². The number of rotatable bonds is 4. The molecule has 2 N–H and O–H groups in total. The normalized spacial score (nSPS) is 15.3. The van der Waals surface area contributed by atoms with Crippen LogP contribution in [0.2, 0.25) is 0 Å². The van der Waals surface area contributed by atoms with Crippen LogP contribution in [0.3, 0.4) is 0 Å². The summed E-state index contributed by atoms with van der Waals surface area (Å²) in [4.78, 5) is 23.5. The van der Waals surface area contributed by atoms with Crippen molar-refractivity contribution in [3.63, 3.8) is 0 Å². The molecule has 0 saturated heterocycles. The van der Waals surface area contributed by atoms with Gasteiger partial charge in [-0.1, -0.05) is 24.4 Å². The van der Waals surface area contributed by atoms with Gasteiger partial charge in [-0.05, 0) is 42.8 Å². The van der Waals surface area contributed by atoms with E-state index in [1.807, 2.05) is 0 Å². The summed E-state index contributed by atoms with van der Waals surface area (Å²) >= 11 is 4.86. The topological polar surface area (TPSA) is 69.4 Å². The average molecular weight is 301 g/mol. The Morgan fingerprint density at radius 1 is 1.29 bits per heavy atom. The van der Waals surface area contributed by atoms with E-state index in [1.165, 1.54) is 6.08 Å². The molecule has 1 atom stereocenters. The third-order valence-electron chi connectivity index (χ3n) is 3.21. The maximum atomic E-state index is 12.1. The molecule has 1 aliphatic carbocycles. The van der Waals surface area contributed by atoms with Crippen LogP contribution < -0.4 is 10.5 Å². The van der Waals surface area contributed by atoms with Gasteiger partial charge in [0.1, 0.15) is 10.7 Å². The maximum Gasteiger partial charge on any atom is 0.318 e. The number of hydrogen-bond acceptors (Lipinski definition) is 4. The van der Waals surface area contributed by atoms with Crippen molar-refractivity contribution in [2.75, 3.05) is 0 Å². The molecule has 21 heavy (non-hydrogen) atoms. The average Bonchev–Trinajstić information content (AvgIpc) is 2.47. The second-order valence-electron chi connectivity index (χ2n) is 4.74. The number of hydrogen-bond donors (Lipinski definition) is 1. The largest absolute Gasteiger partial charge is 0.426 e. The van der Waals surface area contributed by atoms with Crippen molar-refractivity contribution in [1.29, 1.82) is 0 Å². The first-order chi connectivity index (χ1) is 9.97. The highest BCUT2D eigenvalue weighted by molar-refractivity contribution is 7.80. The third-order valence-corrected chi connectivity index (χ3v) is 3.45. The van der Waals surface area contributed by atoms with Crippen LogP contribution in [0.25, 0.3) is 0 Å². The Bertz CT molecular complexity index is 644. The summed E-state index contributed by atoms with van der Waals surface area (Å²) in [7, 11) is 0. The van der Waals surface area contributed by atoms with Gasteiger partial charge in [-0.15, -0.1) is 0 Å². The smallest absolute Gasteiger partial charge is 0.318 e. The zero-order chi connectivity index (χ0) is 15.4. The third kappa shape index (κ3) is 3.86. The van der Waals surface area contributed by atoms with E-state index in [0.717, 1.165) is 5.57 Å². The molecule has 4 nitrogen and oxygen atoms in total. The number of thiocarbonyl (C=S) groups is 1. The molecule has 2 rings (SSSR count). The number of carbonyl (C=O) groups excluding carboxylic acids is 2. The lowest BCUT2D eigenvalue weighted by Crippen LogP contribution is -2.20. The Hall–Kier alpha value is -2.27. The van der Waals surface area contributed by atoms with Gasteiger partial charge < -0.3 is 10.5 Å². The summed E-state index contributed by atoms with van der Waals surface area (Å²) in [5, 5.41) is 0. The minimum atomic E-state index is -0.426. The summed E-state index contributed by atoms with van der Waals surface area (Å²) in [5.74, 6) is -0.330. The Morgan fingerprint density at radius 2 is 1.95 bits per heavy atom. The van der Waals surface area contributed by atoms with E-state index in [2.05, 4.69) is 0 Å². The van der Waals surface area contributed by atoms with Gasteiger partial charge in [-0.25, -0.2) is 0 Å². The lowest BCUT2D eigenvalue weighted by molar-refractivity contribution is -0.137. The fourth-order valence-corrected chi connectivity index (χ4v) is 2.03. The first kappa shape index (κ1) is 15.1. The molecule has 0 saturated carbocycles. The van der Waals surface area contributed by atoms with E-state index < -0.39 is 5.92 Å². The van der Waals surface area contributed by atoms with E-state index in [-0.39, 0.29) is 11.8 Å². The van der Waals surface area contributed by atoms with Crippen LogP contribution in [-0.4, -0.2) is 16.7 Å². The van der Waals surface area contributed by atoms with Crippen LogP contribution in [0.5, 0.6) is 5.75 Å². The molecule has 0 amide bonds. The summed E-state index contributed by atoms with van der Waals surface area (Å²) in [5.41, 5.74) is 7.01. The predicted octanol–water partition coefficient (Wildman–Crippen LogP) is 2.32. The maximum absolute atomic E-state index is 12.1. The summed E-state index contributed by atoms with van der Waals surface area (Å²) in [6.07, 6.45) is 5.22. The Morgan fingerprint density at radius 3 is 2.48 bits per heavy atom. The molecule has 1 aliphatic rings. The summed E-state index contributed by atoms with van der Waals surface area (Å²) in [6.45, 7) is 1.75. The van der Waals surface area contributed by atoms with Crippen LogP contribution in [0.1, 0.15) is 18.9 Å². The van der Waals surface area contributed by atoms with Gasteiger partial charge in [0.15, 0.2) is 5.78 Å². The first-order valence-corrected chi connectivity index (χ1v) is 6.90. The highest BCUT2D eigenvalue weighted by Gasteiger charge is 2.20. The number of carbonyl (C=O) groups is 2. The Labute approximate surface area is 128 Å². The Kier molecular flexibility index (Phi) is 4.65. The van der Waals surface area contributed by atoms with Gasteiger partial charge >= 0.3 is 5.97 Å². The molecule has 1 unspecified atom stereocenters. The van der Waals surface area contributed by atoms with Crippen LogP contribution in [0.15, 0.2) is 48.1 Å². The number of esters is 1. The minimum Gasteiger partial charge on any atom is -0.426 e. The second-order valence-corrected chi connectivity index (χ2v) is 5.18. The molecule has 0 spiro atoms. The monoisotopic (exact) mass is 301 g/mol. The highest BCUT2D eigenvalue weighted by atomic mass is 32.1. The van der Waals surface area contributed by atoms with Gasteiger partial charge in [0.25, 0.3) is 0 Å². The second kappa shape index (κ2) is 6.45. The molecule has 5 heteroatoms. The minimum absolute atomic E-state index is 0.0349. The highest BCUT2D eigenvalue weighted by Crippen LogP contribution is 2.20. The predicted molar refractivity (Wildman–Crippen MR) is 84.0 cm³/mol. The molecule has 0 aliphatic heterocycles.